The second kappa shape index (κ2) is 8.07. The lowest BCUT2D eigenvalue weighted by atomic mass is 10.2. The van der Waals surface area contributed by atoms with E-state index in [4.69, 9.17) is 0 Å². The third-order valence-electron chi connectivity index (χ3n) is 3.22. The summed E-state index contributed by atoms with van der Waals surface area (Å²) in [6.07, 6.45) is 0. The van der Waals surface area contributed by atoms with Gasteiger partial charge in [0, 0.05) is 25.7 Å². The number of aromatic nitrogens is 2. The first kappa shape index (κ1) is 18.2. The van der Waals surface area contributed by atoms with E-state index in [1.807, 2.05) is 26.8 Å². The normalized spacial score (nSPS) is 11.3. The van der Waals surface area contributed by atoms with Crippen LogP contribution in [-0.4, -0.2) is 38.0 Å². The molecule has 24 heavy (non-hydrogen) atoms. The summed E-state index contributed by atoms with van der Waals surface area (Å²) < 4.78 is 27.0. The van der Waals surface area contributed by atoms with Crippen LogP contribution in [0.25, 0.3) is 0 Å². The van der Waals surface area contributed by atoms with Crippen molar-refractivity contribution in [2.45, 2.75) is 25.7 Å². The Morgan fingerprint density at radius 3 is 2.38 bits per heavy atom. The summed E-state index contributed by atoms with van der Waals surface area (Å²) in [5, 5.41) is 6.23. The van der Waals surface area contributed by atoms with Gasteiger partial charge in [0.15, 0.2) is 0 Å². The van der Waals surface area contributed by atoms with Gasteiger partial charge in [0.25, 0.3) is 0 Å². The van der Waals surface area contributed by atoms with Gasteiger partial charge in [-0.2, -0.15) is 0 Å². The molecule has 0 aliphatic carbocycles. The lowest BCUT2D eigenvalue weighted by Gasteiger charge is -2.10. The van der Waals surface area contributed by atoms with Crippen molar-refractivity contribution in [3.8, 4) is 0 Å². The molecule has 0 spiro atoms. The number of nitrogens with zero attached hydrogens (tertiary/aromatic N) is 2. The first-order valence-electron chi connectivity index (χ1n) is 7.80. The van der Waals surface area contributed by atoms with Gasteiger partial charge in [-0.1, -0.05) is 12.1 Å². The summed E-state index contributed by atoms with van der Waals surface area (Å²) in [7, 11) is -3.50. The molecular weight excluding hydrogens is 326 g/mol. The Morgan fingerprint density at radius 2 is 1.71 bits per heavy atom. The molecule has 0 amide bonds. The summed E-state index contributed by atoms with van der Waals surface area (Å²) in [5.41, 5.74) is 0.906. The molecule has 0 atom stereocenters. The molecule has 0 saturated heterocycles. The van der Waals surface area contributed by atoms with Gasteiger partial charge in [0.2, 0.25) is 10.0 Å². The molecule has 3 N–H and O–H groups in total. The van der Waals surface area contributed by atoms with E-state index in [1.165, 1.54) is 0 Å². The number of hydrogen-bond acceptors (Lipinski definition) is 6. The largest absolute Gasteiger partial charge is 0.370 e. The van der Waals surface area contributed by atoms with E-state index in [9.17, 15) is 8.42 Å². The summed E-state index contributed by atoms with van der Waals surface area (Å²) in [6.45, 7) is 7.12. The van der Waals surface area contributed by atoms with Crippen LogP contribution >= 0.6 is 0 Å². The minimum Gasteiger partial charge on any atom is -0.370 e. The van der Waals surface area contributed by atoms with Crippen LogP contribution in [0, 0.1) is 13.8 Å². The minimum atomic E-state index is -3.50. The van der Waals surface area contributed by atoms with Crippen molar-refractivity contribution in [3.63, 3.8) is 0 Å². The van der Waals surface area contributed by atoms with Crippen LogP contribution in [0.3, 0.4) is 0 Å². The molecule has 0 aliphatic rings. The van der Waals surface area contributed by atoms with Crippen molar-refractivity contribution in [1.82, 2.24) is 14.7 Å². The number of anilines is 2. The zero-order chi connectivity index (χ0) is 17.6. The first-order valence-corrected chi connectivity index (χ1v) is 9.29. The molecule has 1 aromatic heterocycles. The maximum Gasteiger partial charge on any atom is 0.240 e. The summed E-state index contributed by atoms with van der Waals surface area (Å²) >= 11 is 0. The lowest BCUT2D eigenvalue weighted by Crippen LogP contribution is -2.29. The van der Waals surface area contributed by atoms with Gasteiger partial charge in [-0.15, -0.1) is 0 Å². The molecule has 7 nitrogen and oxygen atoms in total. The molecule has 1 aromatic carbocycles. The molecule has 0 unspecified atom stereocenters. The molecule has 0 saturated carbocycles. The topological polar surface area (TPSA) is 96.0 Å². The van der Waals surface area contributed by atoms with Gasteiger partial charge in [-0.25, -0.2) is 23.1 Å². The van der Waals surface area contributed by atoms with Crippen molar-refractivity contribution in [1.29, 1.82) is 0 Å². The van der Waals surface area contributed by atoms with Gasteiger partial charge in [-0.3, -0.25) is 0 Å². The molecule has 8 heteroatoms. The van der Waals surface area contributed by atoms with Crippen LogP contribution in [-0.2, 0) is 10.0 Å². The average molecular weight is 349 g/mol. The van der Waals surface area contributed by atoms with Gasteiger partial charge in [0.05, 0.1) is 4.90 Å². The molecule has 1 heterocycles. The maximum atomic E-state index is 12.2. The van der Waals surface area contributed by atoms with Crippen molar-refractivity contribution in [2.75, 3.05) is 30.3 Å². The lowest BCUT2D eigenvalue weighted by molar-refractivity contribution is 0.582. The standard InChI is InChI=1S/C16H23N5O2S/c1-4-17-15-11-16(21-13(3)20-15)18-8-9-19-24(22,23)14-7-5-6-12(2)10-14/h5-7,10-11,19H,4,8-9H2,1-3H3,(H2,17,18,20,21). The maximum absolute atomic E-state index is 12.2. The fourth-order valence-electron chi connectivity index (χ4n) is 2.17. The Hall–Kier alpha value is -2.19. The molecule has 0 radical (unpaired) electrons. The van der Waals surface area contributed by atoms with Crippen LogP contribution in [0.2, 0.25) is 0 Å². The monoisotopic (exact) mass is 349 g/mol. The second-order valence-corrected chi connectivity index (χ2v) is 7.12. The molecular formula is C16H23N5O2S. The van der Waals surface area contributed by atoms with Crippen molar-refractivity contribution in [3.05, 3.63) is 41.7 Å². The summed E-state index contributed by atoms with van der Waals surface area (Å²) in [4.78, 5) is 8.82. The smallest absolute Gasteiger partial charge is 0.240 e. The van der Waals surface area contributed by atoms with E-state index in [0.717, 1.165) is 17.9 Å². The predicted octanol–water partition coefficient (Wildman–Crippen LogP) is 1.92. The van der Waals surface area contributed by atoms with Crippen molar-refractivity contribution >= 4 is 21.7 Å². The summed E-state index contributed by atoms with van der Waals surface area (Å²) in [5.74, 6) is 2.05. The Labute approximate surface area is 143 Å². The molecule has 0 aliphatic heterocycles. The van der Waals surface area contributed by atoms with Crippen LogP contribution in [0.5, 0.6) is 0 Å². The van der Waals surface area contributed by atoms with Crippen LogP contribution in [0.15, 0.2) is 35.2 Å². The molecule has 2 aromatic rings. The zero-order valence-corrected chi connectivity index (χ0v) is 14.9. The molecule has 0 bridgehead atoms. The van der Waals surface area contributed by atoms with Gasteiger partial charge < -0.3 is 10.6 Å². The zero-order valence-electron chi connectivity index (χ0n) is 14.1. The molecule has 2 rings (SSSR count). The predicted molar refractivity (Wildman–Crippen MR) is 95.8 cm³/mol. The average Bonchev–Trinajstić information content (AvgIpc) is 2.51. The van der Waals surface area contributed by atoms with E-state index in [1.54, 1.807) is 24.3 Å². The van der Waals surface area contributed by atoms with Crippen LogP contribution < -0.4 is 15.4 Å². The quantitative estimate of drug-likeness (QED) is 0.630. The van der Waals surface area contributed by atoms with Crippen LogP contribution in [0.4, 0.5) is 11.6 Å². The fourth-order valence-corrected chi connectivity index (χ4v) is 3.31. The highest BCUT2D eigenvalue weighted by atomic mass is 32.2. The van der Waals surface area contributed by atoms with Crippen LogP contribution in [0.1, 0.15) is 18.3 Å². The number of hydrogen-bond donors (Lipinski definition) is 3. The van der Waals surface area contributed by atoms with E-state index < -0.39 is 10.0 Å². The number of nitrogens with one attached hydrogen (secondary N) is 3. The van der Waals surface area contributed by atoms with Gasteiger partial charge >= 0.3 is 0 Å². The fraction of sp³-hybridized carbons (Fsp3) is 0.375. The van der Waals surface area contributed by atoms with Crippen molar-refractivity contribution < 1.29 is 8.42 Å². The third kappa shape index (κ3) is 5.17. The van der Waals surface area contributed by atoms with Gasteiger partial charge in [-0.05, 0) is 38.5 Å². The molecule has 130 valence electrons. The highest BCUT2D eigenvalue weighted by molar-refractivity contribution is 7.89. The number of rotatable bonds is 8. The Bertz CT molecular complexity index is 793. The molecule has 0 fully saturated rings. The first-order chi connectivity index (χ1) is 11.4. The summed E-state index contributed by atoms with van der Waals surface area (Å²) in [6, 6.07) is 8.62. The number of benzene rings is 1. The van der Waals surface area contributed by atoms with Gasteiger partial charge in [0.1, 0.15) is 17.5 Å². The van der Waals surface area contributed by atoms with E-state index in [0.29, 0.717) is 18.2 Å². The van der Waals surface area contributed by atoms with Crippen molar-refractivity contribution in [2.24, 2.45) is 0 Å². The highest BCUT2D eigenvalue weighted by Gasteiger charge is 2.12. The second-order valence-electron chi connectivity index (χ2n) is 5.36. The Morgan fingerprint density at radius 1 is 1.00 bits per heavy atom. The minimum absolute atomic E-state index is 0.260. The van der Waals surface area contributed by atoms with E-state index >= 15 is 0 Å². The van der Waals surface area contributed by atoms with E-state index in [-0.39, 0.29) is 11.4 Å². The Balaban J connectivity index is 1.91. The SMILES string of the molecule is CCNc1cc(NCCNS(=O)(=O)c2cccc(C)c2)nc(C)n1. The number of sulfonamides is 1. The Kier molecular flexibility index (Phi) is 6.10. The highest BCUT2D eigenvalue weighted by Crippen LogP contribution is 2.11. The number of aryl methyl sites for hydroxylation is 2. The van der Waals surface area contributed by atoms with E-state index in [2.05, 4.69) is 25.3 Å². The third-order valence-corrected chi connectivity index (χ3v) is 4.68.